The molecule has 0 atom stereocenters. The van der Waals surface area contributed by atoms with Crippen LogP contribution in [0, 0.1) is 0 Å². The minimum absolute atomic E-state index is 0.556. The van der Waals surface area contributed by atoms with Gasteiger partial charge in [0.2, 0.25) is 0 Å². The third kappa shape index (κ3) is 3.35. The van der Waals surface area contributed by atoms with Crippen molar-refractivity contribution in [3.05, 3.63) is 24.3 Å². The standard InChI is InChI=1S/C13H21N3O/c1-15-7-9-16(10-8-15)12-2-4-13(5-3-12)17-11-6-14/h2-5H,6-11,14H2,1H3. The predicted octanol–water partition coefficient (Wildman–Crippen LogP) is 0.776. The molecule has 1 aromatic carbocycles. The number of nitrogens with two attached hydrogens (primary N) is 1. The monoisotopic (exact) mass is 235 g/mol. The number of likely N-dealkylation sites (N-methyl/N-ethyl adjacent to an activating group) is 1. The van der Waals surface area contributed by atoms with Crippen molar-refractivity contribution in [3.63, 3.8) is 0 Å². The number of hydrogen-bond donors (Lipinski definition) is 1. The number of nitrogens with zero attached hydrogens (tertiary/aromatic N) is 2. The van der Waals surface area contributed by atoms with Gasteiger partial charge in [0, 0.05) is 38.4 Å². The number of benzene rings is 1. The first kappa shape index (κ1) is 12.2. The smallest absolute Gasteiger partial charge is 0.119 e. The van der Waals surface area contributed by atoms with Crippen LogP contribution in [0.25, 0.3) is 0 Å². The van der Waals surface area contributed by atoms with E-state index in [9.17, 15) is 0 Å². The third-order valence-electron chi connectivity index (χ3n) is 3.09. The van der Waals surface area contributed by atoms with E-state index in [0.717, 1.165) is 31.9 Å². The fraction of sp³-hybridized carbons (Fsp3) is 0.538. The molecule has 0 bridgehead atoms. The minimum Gasteiger partial charge on any atom is -0.492 e. The van der Waals surface area contributed by atoms with Gasteiger partial charge < -0.3 is 20.3 Å². The molecule has 1 saturated heterocycles. The summed E-state index contributed by atoms with van der Waals surface area (Å²) in [6, 6.07) is 8.28. The number of piperazine rings is 1. The Labute approximate surface area is 103 Å². The zero-order valence-corrected chi connectivity index (χ0v) is 10.4. The highest BCUT2D eigenvalue weighted by atomic mass is 16.5. The zero-order valence-electron chi connectivity index (χ0n) is 10.4. The molecular formula is C13H21N3O. The number of rotatable bonds is 4. The van der Waals surface area contributed by atoms with E-state index in [-0.39, 0.29) is 0 Å². The quantitative estimate of drug-likeness (QED) is 0.837. The summed E-state index contributed by atoms with van der Waals surface area (Å²) in [5.74, 6) is 0.897. The maximum Gasteiger partial charge on any atom is 0.119 e. The summed E-state index contributed by atoms with van der Waals surface area (Å²) in [5, 5.41) is 0. The molecule has 0 spiro atoms. The highest BCUT2D eigenvalue weighted by molar-refractivity contribution is 5.49. The van der Waals surface area contributed by atoms with Crippen molar-refractivity contribution in [1.29, 1.82) is 0 Å². The second kappa shape index (κ2) is 5.89. The van der Waals surface area contributed by atoms with Gasteiger partial charge in [-0.3, -0.25) is 0 Å². The van der Waals surface area contributed by atoms with Gasteiger partial charge >= 0.3 is 0 Å². The number of ether oxygens (including phenoxy) is 1. The summed E-state index contributed by atoms with van der Waals surface area (Å²) < 4.78 is 5.46. The van der Waals surface area contributed by atoms with E-state index in [0.29, 0.717) is 13.2 Å². The molecule has 0 aliphatic carbocycles. The van der Waals surface area contributed by atoms with Gasteiger partial charge in [0.15, 0.2) is 0 Å². The number of anilines is 1. The average Bonchev–Trinajstić information content (AvgIpc) is 2.38. The molecule has 2 N–H and O–H groups in total. The lowest BCUT2D eigenvalue weighted by Crippen LogP contribution is -2.44. The molecule has 0 amide bonds. The predicted molar refractivity (Wildman–Crippen MR) is 70.7 cm³/mol. The van der Waals surface area contributed by atoms with Gasteiger partial charge in [0.1, 0.15) is 12.4 Å². The maximum absolute atomic E-state index is 5.46. The lowest BCUT2D eigenvalue weighted by atomic mass is 10.2. The molecule has 4 heteroatoms. The van der Waals surface area contributed by atoms with E-state index in [1.165, 1.54) is 5.69 Å². The van der Waals surface area contributed by atoms with Crippen molar-refractivity contribution in [2.75, 3.05) is 51.3 Å². The van der Waals surface area contributed by atoms with Crippen LogP contribution < -0.4 is 15.4 Å². The van der Waals surface area contributed by atoms with Crippen molar-refractivity contribution in [1.82, 2.24) is 4.90 Å². The van der Waals surface area contributed by atoms with E-state index in [1.807, 2.05) is 12.1 Å². The van der Waals surface area contributed by atoms with Crippen LogP contribution in [0.4, 0.5) is 5.69 Å². The molecule has 1 fully saturated rings. The van der Waals surface area contributed by atoms with Crippen LogP contribution in [0.2, 0.25) is 0 Å². The van der Waals surface area contributed by atoms with Crippen molar-refractivity contribution in [2.24, 2.45) is 5.73 Å². The zero-order chi connectivity index (χ0) is 12.1. The summed E-state index contributed by atoms with van der Waals surface area (Å²) >= 11 is 0. The van der Waals surface area contributed by atoms with Gasteiger partial charge in [-0.05, 0) is 31.3 Å². The van der Waals surface area contributed by atoms with Crippen LogP contribution in [0.3, 0.4) is 0 Å². The first-order valence-corrected chi connectivity index (χ1v) is 6.16. The lowest BCUT2D eigenvalue weighted by Gasteiger charge is -2.34. The summed E-state index contributed by atoms with van der Waals surface area (Å²) in [4.78, 5) is 4.77. The van der Waals surface area contributed by atoms with Crippen molar-refractivity contribution >= 4 is 5.69 Å². The van der Waals surface area contributed by atoms with Crippen molar-refractivity contribution < 1.29 is 4.74 Å². The highest BCUT2D eigenvalue weighted by Gasteiger charge is 2.13. The van der Waals surface area contributed by atoms with Crippen LogP contribution in [0.15, 0.2) is 24.3 Å². The molecular weight excluding hydrogens is 214 g/mol. The SMILES string of the molecule is CN1CCN(c2ccc(OCCN)cc2)CC1. The fourth-order valence-corrected chi connectivity index (χ4v) is 1.99. The summed E-state index contributed by atoms with van der Waals surface area (Å²) in [7, 11) is 2.17. The molecule has 0 saturated carbocycles. The van der Waals surface area contributed by atoms with Crippen molar-refractivity contribution in [3.8, 4) is 5.75 Å². The van der Waals surface area contributed by atoms with E-state index in [4.69, 9.17) is 10.5 Å². The Hall–Kier alpha value is -1.26. The van der Waals surface area contributed by atoms with Gasteiger partial charge in [-0.25, -0.2) is 0 Å². The average molecular weight is 235 g/mol. The topological polar surface area (TPSA) is 41.7 Å². The van der Waals surface area contributed by atoms with E-state index in [2.05, 4.69) is 29.0 Å². The Morgan fingerprint density at radius 2 is 1.76 bits per heavy atom. The second-order valence-corrected chi connectivity index (χ2v) is 4.42. The normalized spacial score (nSPS) is 17.2. The van der Waals surface area contributed by atoms with Gasteiger partial charge in [0.05, 0.1) is 0 Å². The van der Waals surface area contributed by atoms with E-state index >= 15 is 0 Å². The van der Waals surface area contributed by atoms with Gasteiger partial charge in [-0.15, -0.1) is 0 Å². The molecule has 0 aromatic heterocycles. The minimum atomic E-state index is 0.556. The van der Waals surface area contributed by atoms with Crippen LogP contribution in [-0.4, -0.2) is 51.3 Å². The van der Waals surface area contributed by atoms with Gasteiger partial charge in [0.25, 0.3) is 0 Å². The molecule has 0 radical (unpaired) electrons. The Balaban J connectivity index is 1.93. The Morgan fingerprint density at radius 3 is 2.35 bits per heavy atom. The Kier molecular flexibility index (Phi) is 4.23. The largest absolute Gasteiger partial charge is 0.492 e. The summed E-state index contributed by atoms with van der Waals surface area (Å²) in [5.41, 5.74) is 6.67. The Morgan fingerprint density at radius 1 is 1.12 bits per heavy atom. The van der Waals surface area contributed by atoms with Crippen LogP contribution >= 0.6 is 0 Å². The van der Waals surface area contributed by atoms with Crippen LogP contribution in [0.1, 0.15) is 0 Å². The molecule has 94 valence electrons. The maximum atomic E-state index is 5.46. The molecule has 1 aromatic rings. The van der Waals surface area contributed by atoms with Crippen LogP contribution in [0.5, 0.6) is 5.75 Å². The first-order chi connectivity index (χ1) is 8.29. The van der Waals surface area contributed by atoms with Crippen LogP contribution in [-0.2, 0) is 0 Å². The second-order valence-electron chi connectivity index (χ2n) is 4.42. The van der Waals surface area contributed by atoms with Crippen molar-refractivity contribution in [2.45, 2.75) is 0 Å². The number of hydrogen-bond acceptors (Lipinski definition) is 4. The molecule has 1 aliphatic heterocycles. The van der Waals surface area contributed by atoms with Gasteiger partial charge in [-0.2, -0.15) is 0 Å². The molecule has 1 aliphatic rings. The molecule has 1 heterocycles. The van der Waals surface area contributed by atoms with E-state index < -0.39 is 0 Å². The lowest BCUT2D eigenvalue weighted by molar-refractivity contribution is 0.312. The summed E-state index contributed by atoms with van der Waals surface area (Å²) in [6.45, 7) is 5.59. The van der Waals surface area contributed by atoms with Gasteiger partial charge in [-0.1, -0.05) is 0 Å². The van der Waals surface area contributed by atoms with E-state index in [1.54, 1.807) is 0 Å². The fourth-order valence-electron chi connectivity index (χ4n) is 1.99. The molecule has 0 unspecified atom stereocenters. The molecule has 2 rings (SSSR count). The molecule has 4 nitrogen and oxygen atoms in total. The third-order valence-corrected chi connectivity index (χ3v) is 3.09. The molecule has 17 heavy (non-hydrogen) atoms. The highest BCUT2D eigenvalue weighted by Crippen LogP contribution is 2.20. The summed E-state index contributed by atoms with van der Waals surface area (Å²) in [6.07, 6.45) is 0. The first-order valence-electron chi connectivity index (χ1n) is 6.16. The Bertz CT molecular complexity index is 331.